The fraction of sp³-hybridized carbons (Fsp3) is 0.385. The molecular formula is C13H14F2N2O2. The van der Waals surface area contributed by atoms with Gasteiger partial charge in [-0.2, -0.15) is 0 Å². The second kappa shape index (κ2) is 5.44. The summed E-state index contributed by atoms with van der Waals surface area (Å²) in [5.74, 6) is -2.10. The maximum Gasteiger partial charge on any atom is 0.237 e. The molecule has 19 heavy (non-hydrogen) atoms. The largest absolute Gasteiger partial charge is 0.353 e. The number of carbonyl (C=O) groups is 2. The van der Waals surface area contributed by atoms with E-state index < -0.39 is 23.5 Å². The summed E-state index contributed by atoms with van der Waals surface area (Å²) in [6.45, 7) is 2.52. The van der Waals surface area contributed by atoms with Gasteiger partial charge in [0.15, 0.2) is 5.78 Å². The highest BCUT2D eigenvalue weighted by Gasteiger charge is 2.27. The van der Waals surface area contributed by atoms with E-state index in [2.05, 4.69) is 5.32 Å². The van der Waals surface area contributed by atoms with Gasteiger partial charge >= 0.3 is 0 Å². The first kappa shape index (κ1) is 13.6. The Kier molecular flexibility index (Phi) is 3.90. The minimum Gasteiger partial charge on any atom is -0.353 e. The first-order valence-corrected chi connectivity index (χ1v) is 5.99. The van der Waals surface area contributed by atoms with E-state index in [0.717, 1.165) is 18.2 Å². The van der Waals surface area contributed by atoms with Gasteiger partial charge in [0, 0.05) is 13.1 Å². The molecular weight excluding hydrogens is 254 g/mol. The molecule has 1 amide bonds. The Balaban J connectivity index is 2.12. The topological polar surface area (TPSA) is 49.4 Å². The zero-order valence-corrected chi connectivity index (χ0v) is 10.5. The van der Waals surface area contributed by atoms with Crippen LogP contribution in [0.2, 0.25) is 0 Å². The number of carbonyl (C=O) groups excluding carboxylic acids is 2. The third-order valence-electron chi connectivity index (χ3n) is 3.20. The van der Waals surface area contributed by atoms with E-state index in [1.165, 1.54) is 0 Å². The number of nitrogens with one attached hydrogen (secondary N) is 1. The minimum absolute atomic E-state index is 0.102. The zero-order valence-electron chi connectivity index (χ0n) is 10.5. The average Bonchev–Trinajstić information content (AvgIpc) is 2.38. The van der Waals surface area contributed by atoms with Crippen molar-refractivity contribution in [2.75, 3.05) is 19.6 Å². The van der Waals surface area contributed by atoms with Crippen molar-refractivity contribution in [3.05, 3.63) is 35.4 Å². The van der Waals surface area contributed by atoms with Crippen LogP contribution in [0.1, 0.15) is 17.3 Å². The van der Waals surface area contributed by atoms with Gasteiger partial charge in [0.05, 0.1) is 18.2 Å². The number of piperazine rings is 1. The van der Waals surface area contributed by atoms with Crippen molar-refractivity contribution in [3.8, 4) is 0 Å². The van der Waals surface area contributed by atoms with Gasteiger partial charge < -0.3 is 5.32 Å². The maximum atomic E-state index is 13.5. The Bertz CT molecular complexity index is 519. The van der Waals surface area contributed by atoms with Crippen LogP contribution in [-0.4, -0.2) is 42.3 Å². The van der Waals surface area contributed by atoms with Gasteiger partial charge in [0.1, 0.15) is 11.6 Å². The van der Waals surface area contributed by atoms with Crippen molar-refractivity contribution < 1.29 is 18.4 Å². The molecule has 0 bridgehead atoms. The summed E-state index contributed by atoms with van der Waals surface area (Å²) in [6, 6.07) is 2.32. The van der Waals surface area contributed by atoms with Crippen molar-refractivity contribution in [3.63, 3.8) is 0 Å². The van der Waals surface area contributed by atoms with Gasteiger partial charge in [-0.3, -0.25) is 14.5 Å². The molecule has 1 unspecified atom stereocenters. The van der Waals surface area contributed by atoms with Crippen LogP contribution in [0.4, 0.5) is 8.78 Å². The Morgan fingerprint density at radius 1 is 1.47 bits per heavy atom. The standard InChI is InChI=1S/C13H14F2N2O2/c1-8-13(19)16-4-5-17(8)7-12(18)10-6-9(14)2-3-11(10)15/h2-3,6,8H,4-5,7H2,1H3,(H,16,19). The summed E-state index contributed by atoms with van der Waals surface area (Å²) in [7, 11) is 0. The van der Waals surface area contributed by atoms with E-state index in [1.807, 2.05) is 0 Å². The summed E-state index contributed by atoms with van der Waals surface area (Å²) < 4.78 is 26.5. The maximum absolute atomic E-state index is 13.5. The average molecular weight is 268 g/mol. The van der Waals surface area contributed by atoms with Crippen LogP contribution in [0.5, 0.6) is 0 Å². The van der Waals surface area contributed by atoms with Crippen molar-refractivity contribution in [1.82, 2.24) is 10.2 Å². The Labute approximate surface area is 109 Å². The molecule has 0 saturated carbocycles. The van der Waals surface area contributed by atoms with Crippen LogP contribution in [0.3, 0.4) is 0 Å². The predicted molar refractivity (Wildman–Crippen MR) is 64.7 cm³/mol. The number of hydrogen-bond acceptors (Lipinski definition) is 3. The molecule has 1 N–H and O–H groups in total. The lowest BCUT2D eigenvalue weighted by molar-refractivity contribution is -0.127. The third kappa shape index (κ3) is 2.96. The van der Waals surface area contributed by atoms with Gasteiger partial charge in [-0.1, -0.05) is 0 Å². The molecule has 1 aliphatic rings. The molecule has 0 aromatic heterocycles. The quantitative estimate of drug-likeness (QED) is 0.831. The molecule has 0 aliphatic carbocycles. The fourth-order valence-corrected chi connectivity index (χ4v) is 2.03. The highest BCUT2D eigenvalue weighted by molar-refractivity contribution is 5.98. The number of ketones is 1. The van der Waals surface area contributed by atoms with Gasteiger partial charge in [-0.25, -0.2) is 8.78 Å². The first-order chi connectivity index (χ1) is 8.99. The molecule has 4 nitrogen and oxygen atoms in total. The Hall–Kier alpha value is -1.82. The van der Waals surface area contributed by atoms with Gasteiger partial charge in [-0.15, -0.1) is 0 Å². The van der Waals surface area contributed by atoms with Gasteiger partial charge in [0.2, 0.25) is 5.91 Å². The minimum atomic E-state index is -0.750. The van der Waals surface area contributed by atoms with Gasteiger partial charge in [0.25, 0.3) is 0 Å². The van der Waals surface area contributed by atoms with E-state index in [1.54, 1.807) is 11.8 Å². The van der Waals surface area contributed by atoms with Crippen LogP contribution in [0, 0.1) is 11.6 Å². The van der Waals surface area contributed by atoms with Crippen molar-refractivity contribution in [1.29, 1.82) is 0 Å². The molecule has 1 aromatic rings. The number of benzene rings is 1. The molecule has 6 heteroatoms. The SMILES string of the molecule is CC1C(=O)NCCN1CC(=O)c1cc(F)ccc1F. The Morgan fingerprint density at radius 2 is 2.21 bits per heavy atom. The summed E-state index contributed by atoms with van der Waals surface area (Å²) in [5.41, 5.74) is -0.279. The number of halogens is 2. The molecule has 1 fully saturated rings. The van der Waals surface area contributed by atoms with Crippen molar-refractivity contribution >= 4 is 11.7 Å². The van der Waals surface area contributed by atoms with Crippen LogP contribution in [0.15, 0.2) is 18.2 Å². The summed E-state index contributed by atoms with van der Waals surface area (Å²) in [5, 5.41) is 2.67. The number of nitrogens with zero attached hydrogens (tertiary/aromatic N) is 1. The normalized spacial score (nSPS) is 20.2. The van der Waals surface area contributed by atoms with Crippen LogP contribution in [-0.2, 0) is 4.79 Å². The van der Waals surface area contributed by atoms with Crippen molar-refractivity contribution in [2.45, 2.75) is 13.0 Å². The molecule has 1 aliphatic heterocycles. The molecule has 2 rings (SSSR count). The molecule has 102 valence electrons. The second-order valence-electron chi connectivity index (χ2n) is 4.48. The van der Waals surface area contributed by atoms with Crippen LogP contribution in [0.25, 0.3) is 0 Å². The summed E-state index contributed by atoms with van der Waals surface area (Å²) in [6.07, 6.45) is 0. The number of hydrogen-bond donors (Lipinski definition) is 1. The Morgan fingerprint density at radius 3 is 2.95 bits per heavy atom. The van der Waals surface area contributed by atoms with E-state index in [4.69, 9.17) is 0 Å². The zero-order chi connectivity index (χ0) is 14.0. The summed E-state index contributed by atoms with van der Waals surface area (Å²) in [4.78, 5) is 25.0. The molecule has 1 atom stereocenters. The van der Waals surface area contributed by atoms with Crippen LogP contribution >= 0.6 is 0 Å². The number of amides is 1. The molecule has 0 radical (unpaired) electrons. The van der Waals surface area contributed by atoms with E-state index in [-0.39, 0.29) is 18.0 Å². The number of rotatable bonds is 3. The fourth-order valence-electron chi connectivity index (χ4n) is 2.03. The van der Waals surface area contributed by atoms with E-state index in [0.29, 0.717) is 13.1 Å². The highest BCUT2D eigenvalue weighted by Crippen LogP contribution is 2.12. The monoisotopic (exact) mass is 268 g/mol. The first-order valence-electron chi connectivity index (χ1n) is 5.99. The highest BCUT2D eigenvalue weighted by atomic mass is 19.1. The van der Waals surface area contributed by atoms with Gasteiger partial charge in [-0.05, 0) is 25.1 Å². The molecule has 0 spiro atoms. The van der Waals surface area contributed by atoms with Crippen molar-refractivity contribution in [2.24, 2.45) is 0 Å². The van der Waals surface area contributed by atoms with E-state index in [9.17, 15) is 18.4 Å². The predicted octanol–water partition coefficient (Wildman–Crippen LogP) is 0.968. The lowest BCUT2D eigenvalue weighted by Crippen LogP contribution is -2.55. The summed E-state index contributed by atoms with van der Waals surface area (Å²) >= 11 is 0. The third-order valence-corrected chi connectivity index (χ3v) is 3.20. The van der Waals surface area contributed by atoms with E-state index >= 15 is 0 Å². The molecule has 1 saturated heterocycles. The van der Waals surface area contributed by atoms with Crippen LogP contribution < -0.4 is 5.32 Å². The second-order valence-corrected chi connectivity index (χ2v) is 4.48. The lowest BCUT2D eigenvalue weighted by atomic mass is 10.1. The molecule has 1 heterocycles. The lowest BCUT2D eigenvalue weighted by Gasteiger charge is -2.32. The number of Topliss-reactive ketones (excluding diaryl/α,β-unsaturated/α-hetero) is 1. The molecule has 1 aromatic carbocycles. The smallest absolute Gasteiger partial charge is 0.237 e.